The van der Waals surface area contributed by atoms with Crippen molar-refractivity contribution >= 4 is 46.8 Å². The summed E-state index contributed by atoms with van der Waals surface area (Å²) in [4.78, 5) is 31.1. The number of amides is 2. The van der Waals surface area contributed by atoms with E-state index in [1.54, 1.807) is 48.2 Å². The first-order valence-electron chi connectivity index (χ1n) is 8.31. The molecular weight excluding hydrogens is 405 g/mol. The molecule has 0 fully saturated rings. The zero-order valence-electron chi connectivity index (χ0n) is 15.1. The van der Waals surface area contributed by atoms with E-state index < -0.39 is 11.9 Å². The molecule has 1 unspecified atom stereocenters. The molecule has 1 aromatic heterocycles. The molecule has 0 aliphatic rings. The third-order valence-electron chi connectivity index (χ3n) is 3.91. The molecule has 2 aromatic rings. The summed E-state index contributed by atoms with van der Waals surface area (Å²) in [6.07, 6.45) is 5.88. The number of aromatic nitrogens is 1. The van der Waals surface area contributed by atoms with Gasteiger partial charge in [0.05, 0.1) is 10.6 Å². The second-order valence-corrected chi connectivity index (χ2v) is 7.82. The summed E-state index contributed by atoms with van der Waals surface area (Å²) in [6, 6.07) is 7.73. The Morgan fingerprint density at radius 3 is 2.70 bits per heavy atom. The Morgan fingerprint density at radius 1 is 1.30 bits per heavy atom. The van der Waals surface area contributed by atoms with Crippen molar-refractivity contribution < 1.29 is 9.59 Å². The van der Waals surface area contributed by atoms with Crippen molar-refractivity contribution in [1.29, 1.82) is 0 Å². The second-order valence-electron chi connectivity index (χ2n) is 5.99. The Bertz CT molecular complexity index is 790. The number of carbonyl (C=O) groups is 2. The number of pyridine rings is 1. The molecule has 2 rings (SSSR count). The number of likely N-dealkylation sites (N-methyl/N-ethyl adjacent to an activating group) is 1. The summed E-state index contributed by atoms with van der Waals surface area (Å²) in [7, 11) is 1.71. The molecule has 0 spiro atoms. The van der Waals surface area contributed by atoms with Gasteiger partial charge in [-0.05, 0) is 48.3 Å². The number of hydrogen-bond donors (Lipinski definition) is 1. The van der Waals surface area contributed by atoms with E-state index in [9.17, 15) is 9.59 Å². The SMILES string of the molecule is CSCCC(NC(=O)c1ccc(Cl)cc1Cl)C(=O)N(C)Cc1cccnc1. The maximum Gasteiger partial charge on any atom is 0.253 e. The van der Waals surface area contributed by atoms with Crippen LogP contribution in [0.4, 0.5) is 0 Å². The fraction of sp³-hybridized carbons (Fsp3) is 0.316. The molecule has 8 heteroatoms. The predicted octanol–water partition coefficient (Wildman–Crippen LogP) is 3.90. The lowest BCUT2D eigenvalue weighted by Crippen LogP contribution is -2.47. The highest BCUT2D eigenvalue weighted by Crippen LogP contribution is 2.21. The predicted molar refractivity (Wildman–Crippen MR) is 111 cm³/mol. The van der Waals surface area contributed by atoms with E-state index in [0.29, 0.717) is 18.0 Å². The molecular formula is C19H21Cl2N3O2S. The Balaban J connectivity index is 2.10. The van der Waals surface area contributed by atoms with E-state index in [2.05, 4.69) is 10.3 Å². The van der Waals surface area contributed by atoms with Crippen LogP contribution in [0, 0.1) is 0 Å². The number of rotatable bonds is 8. The maximum absolute atomic E-state index is 12.9. The van der Waals surface area contributed by atoms with Crippen molar-refractivity contribution in [2.75, 3.05) is 19.1 Å². The Labute approximate surface area is 173 Å². The van der Waals surface area contributed by atoms with Crippen LogP contribution in [0.5, 0.6) is 0 Å². The highest BCUT2D eigenvalue weighted by atomic mass is 35.5. The zero-order valence-corrected chi connectivity index (χ0v) is 17.4. The Kier molecular flexibility index (Phi) is 8.41. The van der Waals surface area contributed by atoms with Gasteiger partial charge in [0.15, 0.2) is 0 Å². The number of hydrogen-bond acceptors (Lipinski definition) is 4. The van der Waals surface area contributed by atoms with Crippen molar-refractivity contribution in [3.05, 3.63) is 63.9 Å². The minimum Gasteiger partial charge on any atom is -0.340 e. The highest BCUT2D eigenvalue weighted by molar-refractivity contribution is 7.98. The quantitative estimate of drug-likeness (QED) is 0.696. The monoisotopic (exact) mass is 425 g/mol. The van der Waals surface area contributed by atoms with Gasteiger partial charge in [-0.25, -0.2) is 0 Å². The van der Waals surface area contributed by atoms with Gasteiger partial charge in [0.25, 0.3) is 5.91 Å². The van der Waals surface area contributed by atoms with Gasteiger partial charge < -0.3 is 10.2 Å². The maximum atomic E-state index is 12.9. The lowest BCUT2D eigenvalue weighted by atomic mass is 10.1. The molecule has 0 saturated carbocycles. The van der Waals surface area contributed by atoms with Crippen LogP contribution in [0.3, 0.4) is 0 Å². The zero-order chi connectivity index (χ0) is 19.8. The summed E-state index contributed by atoms with van der Waals surface area (Å²) >= 11 is 13.6. The van der Waals surface area contributed by atoms with E-state index in [0.717, 1.165) is 11.3 Å². The summed E-state index contributed by atoms with van der Waals surface area (Å²) in [5, 5.41) is 3.51. The molecule has 144 valence electrons. The van der Waals surface area contributed by atoms with E-state index in [1.165, 1.54) is 6.07 Å². The number of nitrogens with one attached hydrogen (secondary N) is 1. The largest absolute Gasteiger partial charge is 0.340 e. The number of carbonyl (C=O) groups excluding carboxylic acids is 2. The van der Waals surface area contributed by atoms with E-state index in [1.807, 2.05) is 18.4 Å². The molecule has 1 aromatic carbocycles. The summed E-state index contributed by atoms with van der Waals surface area (Å²) < 4.78 is 0. The molecule has 0 radical (unpaired) electrons. The van der Waals surface area contributed by atoms with Crippen LogP contribution in [0.1, 0.15) is 22.3 Å². The molecule has 0 saturated heterocycles. The highest BCUT2D eigenvalue weighted by Gasteiger charge is 2.25. The van der Waals surface area contributed by atoms with Gasteiger partial charge in [0.2, 0.25) is 5.91 Å². The van der Waals surface area contributed by atoms with Crippen molar-refractivity contribution in [1.82, 2.24) is 15.2 Å². The molecule has 0 aliphatic carbocycles. The first-order chi connectivity index (χ1) is 12.9. The minimum absolute atomic E-state index is 0.161. The molecule has 1 heterocycles. The fourth-order valence-corrected chi connectivity index (χ4v) is 3.48. The first-order valence-corrected chi connectivity index (χ1v) is 10.5. The van der Waals surface area contributed by atoms with Gasteiger partial charge in [-0.1, -0.05) is 29.3 Å². The molecule has 2 amide bonds. The lowest BCUT2D eigenvalue weighted by molar-refractivity contribution is -0.132. The van der Waals surface area contributed by atoms with Gasteiger partial charge in [-0.15, -0.1) is 0 Å². The van der Waals surface area contributed by atoms with Crippen molar-refractivity contribution in [2.45, 2.75) is 19.0 Å². The van der Waals surface area contributed by atoms with Crippen LogP contribution < -0.4 is 5.32 Å². The van der Waals surface area contributed by atoms with Crippen LogP contribution in [0.25, 0.3) is 0 Å². The molecule has 27 heavy (non-hydrogen) atoms. The average Bonchev–Trinajstić information content (AvgIpc) is 2.65. The van der Waals surface area contributed by atoms with Gasteiger partial charge in [-0.2, -0.15) is 11.8 Å². The van der Waals surface area contributed by atoms with E-state index >= 15 is 0 Å². The fourth-order valence-electron chi connectivity index (χ4n) is 2.51. The van der Waals surface area contributed by atoms with Gasteiger partial charge >= 0.3 is 0 Å². The molecule has 5 nitrogen and oxygen atoms in total. The first kappa shape index (κ1) is 21.5. The summed E-state index contributed by atoms with van der Waals surface area (Å²) in [5.41, 5.74) is 1.21. The number of thioether (sulfide) groups is 1. The smallest absolute Gasteiger partial charge is 0.253 e. The normalized spacial score (nSPS) is 11.7. The molecule has 0 aliphatic heterocycles. The number of halogens is 2. The molecule has 1 N–H and O–H groups in total. The lowest BCUT2D eigenvalue weighted by Gasteiger charge is -2.25. The van der Waals surface area contributed by atoms with Crippen molar-refractivity contribution in [3.63, 3.8) is 0 Å². The number of nitrogens with zero attached hydrogens (tertiary/aromatic N) is 2. The molecule has 1 atom stereocenters. The summed E-state index contributed by atoms with van der Waals surface area (Å²) in [6.45, 7) is 0.417. The standard InChI is InChI=1S/C19H21Cl2N3O2S/c1-24(12-13-4-3-8-22-11-13)19(26)17(7-9-27-2)23-18(25)15-6-5-14(20)10-16(15)21/h3-6,8,10-11,17H,7,9,12H2,1-2H3,(H,23,25). The third-order valence-corrected chi connectivity index (χ3v) is 5.10. The molecule has 0 bridgehead atoms. The Hall–Kier alpha value is -1.76. The van der Waals surface area contributed by atoms with Crippen LogP contribution in [0.2, 0.25) is 10.0 Å². The average molecular weight is 426 g/mol. The minimum atomic E-state index is -0.640. The Morgan fingerprint density at radius 2 is 2.07 bits per heavy atom. The second kappa shape index (κ2) is 10.5. The third kappa shape index (κ3) is 6.41. The van der Waals surface area contributed by atoms with Gasteiger partial charge in [-0.3, -0.25) is 14.6 Å². The van der Waals surface area contributed by atoms with Gasteiger partial charge in [0.1, 0.15) is 6.04 Å². The van der Waals surface area contributed by atoms with E-state index in [-0.39, 0.29) is 16.5 Å². The van der Waals surface area contributed by atoms with Crippen molar-refractivity contribution in [3.8, 4) is 0 Å². The topological polar surface area (TPSA) is 62.3 Å². The van der Waals surface area contributed by atoms with E-state index in [4.69, 9.17) is 23.2 Å². The number of benzene rings is 1. The van der Waals surface area contributed by atoms with Gasteiger partial charge in [0, 0.05) is 31.0 Å². The van der Waals surface area contributed by atoms with Crippen LogP contribution in [-0.4, -0.2) is 46.8 Å². The summed E-state index contributed by atoms with van der Waals surface area (Å²) in [5.74, 6) is 0.184. The van der Waals surface area contributed by atoms with Crippen molar-refractivity contribution in [2.24, 2.45) is 0 Å². The van der Waals surface area contributed by atoms with Crippen LogP contribution >= 0.6 is 35.0 Å². The van der Waals surface area contributed by atoms with Crippen LogP contribution in [0.15, 0.2) is 42.7 Å². The van der Waals surface area contributed by atoms with Crippen LogP contribution in [-0.2, 0) is 11.3 Å².